The van der Waals surface area contributed by atoms with Gasteiger partial charge in [0.05, 0.1) is 0 Å². The van der Waals surface area contributed by atoms with Gasteiger partial charge in [0.2, 0.25) is 11.9 Å². The van der Waals surface area contributed by atoms with Crippen LogP contribution >= 0.6 is 0 Å². The summed E-state index contributed by atoms with van der Waals surface area (Å²) in [4.78, 5) is 18.7. The molecule has 1 amide bonds. The van der Waals surface area contributed by atoms with Gasteiger partial charge in [0.15, 0.2) is 0 Å². The lowest BCUT2D eigenvalue weighted by Crippen LogP contribution is -2.19. The standard InChI is InChI=1S/C8H10N3O/c1-6(2)7(12)11-8-9-4-3-5-10-8/h4-6H,1-2H3,(H,9,10,11,12). The molecule has 0 fully saturated rings. The summed E-state index contributed by atoms with van der Waals surface area (Å²) in [5, 5.41) is 2.56. The highest BCUT2D eigenvalue weighted by molar-refractivity contribution is 5.90. The van der Waals surface area contributed by atoms with Crippen molar-refractivity contribution in [1.82, 2.24) is 9.97 Å². The number of amides is 1. The first-order valence-corrected chi connectivity index (χ1v) is 3.69. The Kier molecular flexibility index (Phi) is 2.74. The van der Waals surface area contributed by atoms with Crippen molar-refractivity contribution in [2.45, 2.75) is 13.8 Å². The summed E-state index contributed by atoms with van der Waals surface area (Å²) in [6.45, 7) is 3.62. The van der Waals surface area contributed by atoms with Gasteiger partial charge < -0.3 is 0 Å². The zero-order valence-corrected chi connectivity index (χ0v) is 7.03. The Morgan fingerprint density at radius 1 is 1.50 bits per heavy atom. The highest BCUT2D eigenvalue weighted by Crippen LogP contribution is 1.98. The third-order valence-electron chi connectivity index (χ3n) is 1.28. The second-order valence-electron chi connectivity index (χ2n) is 2.65. The van der Waals surface area contributed by atoms with Crippen LogP contribution in [0.5, 0.6) is 0 Å². The molecule has 0 saturated carbocycles. The van der Waals surface area contributed by atoms with Crippen LogP contribution in [0.25, 0.3) is 0 Å². The number of carbonyl (C=O) groups excluding carboxylic acids is 1. The highest BCUT2D eigenvalue weighted by Gasteiger charge is 2.07. The van der Waals surface area contributed by atoms with E-state index in [0.717, 1.165) is 0 Å². The second kappa shape index (κ2) is 3.80. The van der Waals surface area contributed by atoms with E-state index >= 15 is 0 Å². The molecule has 12 heavy (non-hydrogen) atoms. The summed E-state index contributed by atoms with van der Waals surface area (Å²) < 4.78 is 0. The van der Waals surface area contributed by atoms with E-state index in [0.29, 0.717) is 5.95 Å². The lowest BCUT2D eigenvalue weighted by molar-refractivity contribution is -0.118. The normalized spacial score (nSPS) is 9.92. The fourth-order valence-corrected chi connectivity index (χ4v) is 0.583. The van der Waals surface area contributed by atoms with E-state index in [4.69, 9.17) is 0 Å². The number of hydrogen-bond acceptors (Lipinski definition) is 3. The smallest absolute Gasteiger partial charge is 0.229 e. The van der Waals surface area contributed by atoms with Crippen LogP contribution in [0.2, 0.25) is 0 Å². The largest absolute Gasteiger partial charge is 0.294 e. The van der Waals surface area contributed by atoms with E-state index in [-0.39, 0.29) is 11.8 Å². The molecule has 0 bridgehead atoms. The Balaban J connectivity index is 2.59. The summed E-state index contributed by atoms with van der Waals surface area (Å²) in [7, 11) is 0. The number of nitrogens with zero attached hydrogens (tertiary/aromatic N) is 2. The second-order valence-corrected chi connectivity index (χ2v) is 2.65. The first-order valence-electron chi connectivity index (χ1n) is 3.69. The molecule has 0 atom stereocenters. The van der Waals surface area contributed by atoms with Crippen LogP contribution in [-0.4, -0.2) is 15.9 Å². The first-order chi connectivity index (χ1) is 5.70. The Morgan fingerprint density at radius 2 is 2.08 bits per heavy atom. The van der Waals surface area contributed by atoms with Crippen molar-refractivity contribution >= 4 is 11.9 Å². The average molecular weight is 164 g/mol. The van der Waals surface area contributed by atoms with Gasteiger partial charge in [-0.1, -0.05) is 13.8 Å². The Bertz CT molecular complexity index is 258. The van der Waals surface area contributed by atoms with E-state index in [1.165, 1.54) is 12.4 Å². The Hall–Kier alpha value is -1.45. The van der Waals surface area contributed by atoms with Crippen molar-refractivity contribution in [3.8, 4) is 0 Å². The number of hydrogen-bond donors (Lipinski definition) is 1. The first kappa shape index (κ1) is 8.64. The molecule has 0 aliphatic heterocycles. The van der Waals surface area contributed by atoms with Gasteiger partial charge in [-0.15, -0.1) is 0 Å². The summed E-state index contributed by atoms with van der Waals surface area (Å²) in [5.74, 6) is 0.187. The summed E-state index contributed by atoms with van der Waals surface area (Å²) in [6.07, 6.45) is 2.92. The third-order valence-corrected chi connectivity index (χ3v) is 1.28. The van der Waals surface area contributed by atoms with Crippen molar-refractivity contribution in [3.05, 3.63) is 18.5 Å². The molecule has 63 valence electrons. The van der Waals surface area contributed by atoms with Gasteiger partial charge in [-0.3, -0.25) is 10.1 Å². The fourth-order valence-electron chi connectivity index (χ4n) is 0.583. The summed E-state index contributed by atoms with van der Waals surface area (Å²) in [5.41, 5.74) is 0. The van der Waals surface area contributed by atoms with E-state index in [1.54, 1.807) is 0 Å². The minimum Gasteiger partial charge on any atom is -0.294 e. The number of rotatable bonds is 2. The van der Waals surface area contributed by atoms with E-state index in [9.17, 15) is 4.79 Å². The quantitative estimate of drug-likeness (QED) is 0.705. The van der Waals surface area contributed by atoms with Crippen molar-refractivity contribution in [2.75, 3.05) is 5.32 Å². The number of aromatic nitrogens is 2. The van der Waals surface area contributed by atoms with Gasteiger partial charge in [0.25, 0.3) is 0 Å². The molecule has 1 aromatic rings. The highest BCUT2D eigenvalue weighted by atomic mass is 16.1. The van der Waals surface area contributed by atoms with Crippen molar-refractivity contribution in [1.29, 1.82) is 0 Å². The molecule has 0 aliphatic rings. The molecule has 1 rings (SSSR count). The maximum Gasteiger partial charge on any atom is 0.229 e. The SMILES string of the molecule is CC(C)C(=O)Nc1nc[c]cn1. The topological polar surface area (TPSA) is 54.9 Å². The van der Waals surface area contributed by atoms with Gasteiger partial charge in [-0.2, -0.15) is 0 Å². The monoisotopic (exact) mass is 164 g/mol. The molecule has 0 aliphatic carbocycles. The van der Waals surface area contributed by atoms with Crippen LogP contribution in [0.3, 0.4) is 0 Å². The minimum absolute atomic E-state index is 0.0576. The van der Waals surface area contributed by atoms with E-state index < -0.39 is 0 Å². The van der Waals surface area contributed by atoms with Crippen molar-refractivity contribution in [2.24, 2.45) is 5.92 Å². The molecule has 0 aromatic carbocycles. The molecule has 0 saturated heterocycles. The molecule has 1 aromatic heterocycles. The summed E-state index contributed by atoms with van der Waals surface area (Å²) in [6, 6.07) is 2.66. The minimum atomic E-state index is -0.0822. The lowest BCUT2D eigenvalue weighted by atomic mass is 10.2. The maximum absolute atomic E-state index is 11.1. The number of carbonyl (C=O) groups is 1. The van der Waals surface area contributed by atoms with Gasteiger partial charge in [-0.05, 0) is 0 Å². The molecule has 1 radical (unpaired) electrons. The lowest BCUT2D eigenvalue weighted by Gasteiger charge is -2.04. The number of nitrogens with one attached hydrogen (secondary N) is 1. The third kappa shape index (κ3) is 2.30. The predicted molar refractivity (Wildman–Crippen MR) is 44.3 cm³/mol. The molecule has 4 heteroatoms. The van der Waals surface area contributed by atoms with Gasteiger partial charge in [-0.25, -0.2) is 9.97 Å². The van der Waals surface area contributed by atoms with Crippen LogP contribution in [0.4, 0.5) is 5.95 Å². The predicted octanol–water partition coefficient (Wildman–Crippen LogP) is 0.871. The molecular weight excluding hydrogens is 154 g/mol. The van der Waals surface area contributed by atoms with E-state index in [1.807, 2.05) is 13.8 Å². The van der Waals surface area contributed by atoms with Crippen LogP contribution in [0.15, 0.2) is 12.4 Å². The maximum atomic E-state index is 11.1. The van der Waals surface area contributed by atoms with Gasteiger partial charge in [0.1, 0.15) is 0 Å². The molecule has 1 N–H and O–H groups in total. The Labute approximate surface area is 71.0 Å². The fraction of sp³-hybridized carbons (Fsp3) is 0.375. The zero-order chi connectivity index (χ0) is 8.97. The molecule has 0 unspecified atom stereocenters. The molecule has 4 nitrogen and oxygen atoms in total. The van der Waals surface area contributed by atoms with Gasteiger partial charge >= 0.3 is 0 Å². The molecule has 1 heterocycles. The van der Waals surface area contributed by atoms with Crippen LogP contribution in [0, 0.1) is 12.0 Å². The van der Waals surface area contributed by atoms with Gasteiger partial charge in [0, 0.05) is 24.4 Å². The van der Waals surface area contributed by atoms with E-state index in [2.05, 4.69) is 21.4 Å². The van der Waals surface area contributed by atoms with Crippen LogP contribution < -0.4 is 5.32 Å². The molecular formula is C8H10N3O. The van der Waals surface area contributed by atoms with Crippen LogP contribution in [0.1, 0.15) is 13.8 Å². The average Bonchev–Trinajstić information content (AvgIpc) is 2.06. The van der Waals surface area contributed by atoms with Crippen molar-refractivity contribution in [3.63, 3.8) is 0 Å². The summed E-state index contributed by atoms with van der Waals surface area (Å²) >= 11 is 0. The Morgan fingerprint density at radius 3 is 2.58 bits per heavy atom. The zero-order valence-electron chi connectivity index (χ0n) is 7.03. The number of anilines is 1. The van der Waals surface area contributed by atoms with Crippen LogP contribution in [-0.2, 0) is 4.79 Å². The van der Waals surface area contributed by atoms with Crippen molar-refractivity contribution < 1.29 is 4.79 Å². The molecule has 0 spiro atoms.